The Morgan fingerprint density at radius 3 is 2.79 bits per heavy atom. The van der Waals surface area contributed by atoms with Gasteiger partial charge >= 0.3 is 0 Å². The van der Waals surface area contributed by atoms with Crippen molar-refractivity contribution in [2.24, 2.45) is 0 Å². The van der Waals surface area contributed by atoms with E-state index in [0.29, 0.717) is 18.2 Å². The van der Waals surface area contributed by atoms with E-state index in [1.54, 1.807) is 12.1 Å². The number of unbranched alkanes of at least 4 members (excludes halogenated alkanes) is 2. The van der Waals surface area contributed by atoms with Crippen LogP contribution in [-0.4, -0.2) is 12.5 Å². The van der Waals surface area contributed by atoms with Gasteiger partial charge in [0.1, 0.15) is 11.6 Å². The van der Waals surface area contributed by atoms with Gasteiger partial charge in [0.25, 0.3) is 0 Å². The lowest BCUT2D eigenvalue weighted by Gasteiger charge is -2.05. The van der Waals surface area contributed by atoms with Crippen molar-refractivity contribution in [2.45, 2.75) is 19.3 Å². The van der Waals surface area contributed by atoms with Crippen molar-refractivity contribution in [3.63, 3.8) is 0 Å². The number of rotatable bonds is 6. The first kappa shape index (κ1) is 11.3. The van der Waals surface area contributed by atoms with Gasteiger partial charge in [-0.1, -0.05) is 6.07 Å². The Balaban J connectivity index is 2.18. The lowest BCUT2D eigenvalue weighted by molar-refractivity contribution is 0.305. The topological polar surface area (TPSA) is 9.23 Å². The molecule has 0 N–H and O–H groups in total. The van der Waals surface area contributed by atoms with Crippen molar-refractivity contribution in [1.82, 2.24) is 0 Å². The first-order chi connectivity index (χ1) is 6.83. The summed E-state index contributed by atoms with van der Waals surface area (Å²) in [5.74, 6) is 1.03. The van der Waals surface area contributed by atoms with Crippen LogP contribution < -0.4 is 4.74 Å². The molecule has 1 aromatic rings. The molecule has 0 aliphatic heterocycles. The monoisotopic (exact) mass is 216 g/mol. The van der Waals surface area contributed by atoms with E-state index in [0.717, 1.165) is 19.3 Å². The van der Waals surface area contributed by atoms with Crippen LogP contribution in [0, 0.1) is 5.82 Å². The minimum absolute atomic E-state index is 0.261. The Hall–Kier alpha value is -0.760. The molecule has 0 aromatic heterocycles. The number of ether oxygens (including phenoxy) is 1. The van der Waals surface area contributed by atoms with Crippen LogP contribution in [0.15, 0.2) is 24.3 Å². The highest BCUT2D eigenvalue weighted by atomic mass is 35.5. The number of halogens is 2. The molecule has 0 atom stereocenters. The fraction of sp³-hybridized carbons (Fsp3) is 0.455. The second-order valence-corrected chi connectivity index (χ2v) is 3.43. The maximum absolute atomic E-state index is 12.7. The average Bonchev–Trinajstić information content (AvgIpc) is 2.18. The Bertz CT molecular complexity index is 265. The summed E-state index contributed by atoms with van der Waals surface area (Å²) in [7, 11) is 0. The normalized spacial score (nSPS) is 10.1. The van der Waals surface area contributed by atoms with Gasteiger partial charge in [0.2, 0.25) is 0 Å². The Morgan fingerprint density at radius 2 is 2.07 bits per heavy atom. The summed E-state index contributed by atoms with van der Waals surface area (Å²) in [6.07, 6.45) is 3.02. The summed E-state index contributed by atoms with van der Waals surface area (Å²) in [4.78, 5) is 0. The lowest BCUT2D eigenvalue weighted by atomic mass is 10.3. The van der Waals surface area contributed by atoms with Gasteiger partial charge in [0.15, 0.2) is 0 Å². The van der Waals surface area contributed by atoms with Crippen LogP contribution in [-0.2, 0) is 0 Å². The van der Waals surface area contributed by atoms with Crippen LogP contribution in [0.25, 0.3) is 0 Å². The summed E-state index contributed by atoms with van der Waals surface area (Å²) in [6, 6.07) is 6.19. The Morgan fingerprint density at radius 1 is 1.21 bits per heavy atom. The SMILES string of the molecule is Fc1cccc(OCCCCCCl)c1. The second-order valence-electron chi connectivity index (χ2n) is 3.06. The zero-order valence-electron chi connectivity index (χ0n) is 8.01. The van der Waals surface area contributed by atoms with Gasteiger partial charge in [0, 0.05) is 11.9 Å². The molecule has 78 valence electrons. The van der Waals surface area contributed by atoms with Gasteiger partial charge < -0.3 is 4.74 Å². The first-order valence-corrected chi connectivity index (χ1v) is 5.30. The van der Waals surface area contributed by atoms with Crippen LogP contribution in [0.1, 0.15) is 19.3 Å². The van der Waals surface area contributed by atoms with E-state index >= 15 is 0 Å². The van der Waals surface area contributed by atoms with Gasteiger partial charge in [-0.2, -0.15) is 0 Å². The van der Waals surface area contributed by atoms with Crippen molar-refractivity contribution in [3.8, 4) is 5.75 Å². The molecule has 0 saturated carbocycles. The van der Waals surface area contributed by atoms with Gasteiger partial charge in [0.05, 0.1) is 6.61 Å². The van der Waals surface area contributed by atoms with Crippen molar-refractivity contribution in [3.05, 3.63) is 30.1 Å². The molecule has 0 aliphatic rings. The molecule has 0 saturated heterocycles. The molecule has 1 aromatic carbocycles. The average molecular weight is 217 g/mol. The van der Waals surface area contributed by atoms with Crippen LogP contribution in [0.4, 0.5) is 4.39 Å². The Labute approximate surface area is 88.8 Å². The second kappa shape index (κ2) is 6.66. The lowest BCUT2D eigenvalue weighted by Crippen LogP contribution is -1.97. The molecular formula is C11H14ClFO. The van der Waals surface area contributed by atoms with E-state index in [9.17, 15) is 4.39 Å². The fourth-order valence-electron chi connectivity index (χ4n) is 1.12. The standard InChI is InChI=1S/C11H14ClFO/c12-7-2-1-3-8-14-11-6-4-5-10(13)9-11/h4-6,9H,1-3,7-8H2. The van der Waals surface area contributed by atoms with Crippen molar-refractivity contribution < 1.29 is 9.13 Å². The van der Waals surface area contributed by atoms with Crippen LogP contribution in [0.3, 0.4) is 0 Å². The molecule has 0 unspecified atom stereocenters. The summed E-state index contributed by atoms with van der Waals surface area (Å²) >= 11 is 5.53. The largest absolute Gasteiger partial charge is 0.493 e. The molecule has 0 spiro atoms. The zero-order chi connectivity index (χ0) is 10.2. The summed E-state index contributed by atoms with van der Waals surface area (Å²) in [5.41, 5.74) is 0. The van der Waals surface area contributed by atoms with E-state index in [2.05, 4.69) is 0 Å². The molecule has 0 heterocycles. The van der Waals surface area contributed by atoms with Crippen LogP contribution >= 0.6 is 11.6 Å². The smallest absolute Gasteiger partial charge is 0.126 e. The molecule has 1 rings (SSSR count). The summed E-state index contributed by atoms with van der Waals surface area (Å²) in [5, 5.41) is 0. The van der Waals surface area contributed by atoms with E-state index in [4.69, 9.17) is 16.3 Å². The summed E-state index contributed by atoms with van der Waals surface area (Å²) in [6.45, 7) is 0.625. The van der Waals surface area contributed by atoms with Crippen molar-refractivity contribution in [2.75, 3.05) is 12.5 Å². The minimum atomic E-state index is -0.261. The van der Waals surface area contributed by atoms with Gasteiger partial charge in [-0.25, -0.2) is 4.39 Å². The highest BCUT2D eigenvalue weighted by molar-refractivity contribution is 6.17. The molecular weight excluding hydrogens is 203 g/mol. The fourth-order valence-corrected chi connectivity index (χ4v) is 1.31. The maximum atomic E-state index is 12.7. The number of alkyl halides is 1. The molecule has 0 amide bonds. The number of benzene rings is 1. The number of hydrogen-bond donors (Lipinski definition) is 0. The predicted octanol–water partition coefficient (Wildman–Crippen LogP) is 3.61. The highest BCUT2D eigenvalue weighted by Gasteiger charge is 1.95. The molecule has 14 heavy (non-hydrogen) atoms. The van der Waals surface area contributed by atoms with Crippen LogP contribution in [0.5, 0.6) is 5.75 Å². The maximum Gasteiger partial charge on any atom is 0.126 e. The highest BCUT2D eigenvalue weighted by Crippen LogP contribution is 2.12. The minimum Gasteiger partial charge on any atom is -0.493 e. The van der Waals surface area contributed by atoms with Crippen molar-refractivity contribution in [1.29, 1.82) is 0 Å². The zero-order valence-corrected chi connectivity index (χ0v) is 8.77. The van der Waals surface area contributed by atoms with Crippen LogP contribution in [0.2, 0.25) is 0 Å². The molecule has 1 nitrogen and oxygen atoms in total. The van der Waals surface area contributed by atoms with E-state index in [1.807, 2.05) is 0 Å². The third-order valence-corrected chi connectivity index (χ3v) is 2.11. The van der Waals surface area contributed by atoms with Gasteiger partial charge in [-0.05, 0) is 31.4 Å². The van der Waals surface area contributed by atoms with Gasteiger partial charge in [-0.15, -0.1) is 11.6 Å². The third kappa shape index (κ3) is 4.47. The first-order valence-electron chi connectivity index (χ1n) is 4.77. The number of hydrogen-bond acceptors (Lipinski definition) is 1. The van der Waals surface area contributed by atoms with Gasteiger partial charge in [-0.3, -0.25) is 0 Å². The van der Waals surface area contributed by atoms with E-state index in [1.165, 1.54) is 12.1 Å². The third-order valence-electron chi connectivity index (χ3n) is 1.84. The molecule has 3 heteroatoms. The molecule has 0 radical (unpaired) electrons. The molecule has 0 aliphatic carbocycles. The Kier molecular flexibility index (Phi) is 5.38. The van der Waals surface area contributed by atoms with Crippen molar-refractivity contribution >= 4 is 11.6 Å². The quantitative estimate of drug-likeness (QED) is 0.522. The van der Waals surface area contributed by atoms with E-state index < -0.39 is 0 Å². The molecule has 0 fully saturated rings. The predicted molar refractivity (Wildman–Crippen MR) is 56.5 cm³/mol. The van der Waals surface area contributed by atoms with E-state index in [-0.39, 0.29) is 5.82 Å². The summed E-state index contributed by atoms with van der Waals surface area (Å²) < 4.78 is 18.0. The molecule has 0 bridgehead atoms.